The van der Waals surface area contributed by atoms with Crippen LogP contribution in [-0.2, 0) is 9.47 Å². The molecular weight excluding hydrogens is 190 g/mol. The van der Waals surface area contributed by atoms with Gasteiger partial charge in [0, 0.05) is 19.2 Å². The van der Waals surface area contributed by atoms with Crippen LogP contribution in [0.2, 0.25) is 0 Å². The van der Waals surface area contributed by atoms with Crippen molar-refractivity contribution in [2.24, 2.45) is 0 Å². The van der Waals surface area contributed by atoms with Crippen LogP contribution in [-0.4, -0.2) is 37.5 Å². The molecule has 2 atom stereocenters. The molecule has 2 unspecified atom stereocenters. The molecule has 0 bridgehead atoms. The summed E-state index contributed by atoms with van der Waals surface area (Å²) in [7, 11) is 0. The summed E-state index contributed by atoms with van der Waals surface area (Å²) in [6.45, 7) is 11.0. The van der Waals surface area contributed by atoms with Gasteiger partial charge in [0.2, 0.25) is 0 Å². The quantitative estimate of drug-likeness (QED) is 0.711. The molecule has 1 aliphatic rings. The van der Waals surface area contributed by atoms with Crippen molar-refractivity contribution in [2.75, 3.05) is 19.8 Å². The summed E-state index contributed by atoms with van der Waals surface area (Å²) in [5.74, 6) is 0. The van der Waals surface area contributed by atoms with E-state index in [4.69, 9.17) is 9.47 Å². The minimum Gasteiger partial charge on any atom is -0.377 e. The van der Waals surface area contributed by atoms with Gasteiger partial charge in [-0.05, 0) is 40.5 Å². The molecule has 15 heavy (non-hydrogen) atoms. The summed E-state index contributed by atoms with van der Waals surface area (Å²) in [6.07, 6.45) is 2.79. The van der Waals surface area contributed by atoms with Crippen LogP contribution in [0.3, 0.4) is 0 Å². The third-order valence-corrected chi connectivity index (χ3v) is 2.63. The van der Waals surface area contributed by atoms with E-state index in [9.17, 15) is 0 Å². The van der Waals surface area contributed by atoms with E-state index in [1.807, 2.05) is 0 Å². The molecule has 1 saturated heterocycles. The Morgan fingerprint density at radius 3 is 2.73 bits per heavy atom. The lowest BCUT2D eigenvalue weighted by atomic mass is 10.1. The third-order valence-electron chi connectivity index (χ3n) is 2.63. The molecular formula is C12H25NO2. The van der Waals surface area contributed by atoms with Crippen molar-refractivity contribution >= 4 is 0 Å². The summed E-state index contributed by atoms with van der Waals surface area (Å²) in [5.41, 5.74) is -0.0330. The Morgan fingerprint density at radius 1 is 1.47 bits per heavy atom. The van der Waals surface area contributed by atoms with Gasteiger partial charge in [0.1, 0.15) is 0 Å². The second-order valence-corrected chi connectivity index (χ2v) is 5.26. The normalized spacial score (nSPS) is 24.4. The molecule has 1 fully saturated rings. The van der Waals surface area contributed by atoms with Crippen LogP contribution in [0.5, 0.6) is 0 Å². The molecule has 1 aliphatic heterocycles. The van der Waals surface area contributed by atoms with Gasteiger partial charge in [-0.1, -0.05) is 0 Å². The number of hydrogen-bond donors (Lipinski definition) is 1. The van der Waals surface area contributed by atoms with Crippen molar-refractivity contribution in [3.63, 3.8) is 0 Å². The fourth-order valence-corrected chi connectivity index (χ4v) is 1.77. The zero-order valence-electron chi connectivity index (χ0n) is 10.5. The Labute approximate surface area is 93.5 Å². The lowest BCUT2D eigenvalue weighted by Crippen LogP contribution is -2.39. The predicted molar refractivity (Wildman–Crippen MR) is 62.1 cm³/mol. The summed E-state index contributed by atoms with van der Waals surface area (Å²) in [5, 5.41) is 3.45. The van der Waals surface area contributed by atoms with E-state index in [0.29, 0.717) is 12.1 Å². The minimum atomic E-state index is -0.0330. The van der Waals surface area contributed by atoms with Gasteiger partial charge in [0.15, 0.2) is 0 Å². The first-order valence-corrected chi connectivity index (χ1v) is 5.98. The summed E-state index contributed by atoms with van der Waals surface area (Å²) in [6, 6.07) is 0.441. The molecule has 0 aromatic carbocycles. The molecule has 1 N–H and O–H groups in total. The topological polar surface area (TPSA) is 30.5 Å². The van der Waals surface area contributed by atoms with Crippen LogP contribution in [0.1, 0.15) is 40.5 Å². The molecule has 0 spiro atoms. The van der Waals surface area contributed by atoms with Crippen LogP contribution in [0, 0.1) is 0 Å². The highest BCUT2D eigenvalue weighted by Crippen LogP contribution is 2.15. The number of ether oxygens (including phenoxy) is 2. The van der Waals surface area contributed by atoms with Gasteiger partial charge < -0.3 is 14.8 Å². The highest BCUT2D eigenvalue weighted by atomic mass is 16.5. The SMILES string of the molecule is CC(NCCOC(C)(C)C)C1CCCO1. The lowest BCUT2D eigenvalue weighted by molar-refractivity contribution is -0.00384. The lowest BCUT2D eigenvalue weighted by Gasteiger charge is -2.23. The van der Waals surface area contributed by atoms with E-state index < -0.39 is 0 Å². The van der Waals surface area contributed by atoms with Gasteiger partial charge in [-0.25, -0.2) is 0 Å². The number of hydrogen-bond acceptors (Lipinski definition) is 3. The molecule has 0 saturated carbocycles. The molecule has 3 heteroatoms. The standard InChI is InChI=1S/C12H25NO2/c1-10(11-6-5-8-14-11)13-7-9-15-12(2,3)4/h10-11,13H,5-9H2,1-4H3. The van der Waals surface area contributed by atoms with Crippen molar-refractivity contribution in [1.82, 2.24) is 5.32 Å². The van der Waals surface area contributed by atoms with Gasteiger partial charge in [-0.15, -0.1) is 0 Å². The summed E-state index contributed by atoms with van der Waals surface area (Å²) >= 11 is 0. The maximum Gasteiger partial charge on any atom is 0.0726 e. The minimum absolute atomic E-state index is 0.0330. The second-order valence-electron chi connectivity index (χ2n) is 5.26. The van der Waals surface area contributed by atoms with Gasteiger partial charge in [0.05, 0.1) is 18.3 Å². The van der Waals surface area contributed by atoms with Gasteiger partial charge in [-0.3, -0.25) is 0 Å². The van der Waals surface area contributed by atoms with Crippen LogP contribution in [0.4, 0.5) is 0 Å². The highest BCUT2D eigenvalue weighted by molar-refractivity contribution is 4.76. The van der Waals surface area contributed by atoms with E-state index in [1.54, 1.807) is 0 Å². The molecule has 90 valence electrons. The first kappa shape index (κ1) is 12.9. The number of nitrogens with one attached hydrogen (secondary N) is 1. The van der Waals surface area contributed by atoms with Crippen LogP contribution in [0.15, 0.2) is 0 Å². The van der Waals surface area contributed by atoms with E-state index in [1.165, 1.54) is 12.8 Å². The van der Waals surface area contributed by atoms with Crippen LogP contribution < -0.4 is 5.32 Å². The Bertz CT molecular complexity index is 171. The van der Waals surface area contributed by atoms with Crippen LogP contribution in [0.25, 0.3) is 0 Å². The highest BCUT2D eigenvalue weighted by Gasteiger charge is 2.21. The maximum absolute atomic E-state index is 5.64. The molecule has 0 aromatic heterocycles. The Morgan fingerprint density at radius 2 is 2.20 bits per heavy atom. The van der Waals surface area contributed by atoms with Gasteiger partial charge >= 0.3 is 0 Å². The second kappa shape index (κ2) is 5.83. The van der Waals surface area contributed by atoms with Gasteiger partial charge in [-0.2, -0.15) is 0 Å². The van der Waals surface area contributed by atoms with Crippen molar-refractivity contribution in [3.05, 3.63) is 0 Å². The monoisotopic (exact) mass is 215 g/mol. The molecule has 0 aromatic rings. The molecule has 1 rings (SSSR count). The van der Waals surface area contributed by atoms with Gasteiger partial charge in [0.25, 0.3) is 0 Å². The first-order chi connectivity index (χ1) is 6.99. The summed E-state index contributed by atoms with van der Waals surface area (Å²) in [4.78, 5) is 0. The van der Waals surface area contributed by atoms with E-state index in [0.717, 1.165) is 19.8 Å². The van der Waals surface area contributed by atoms with Crippen LogP contribution >= 0.6 is 0 Å². The molecule has 0 radical (unpaired) electrons. The zero-order chi connectivity index (χ0) is 11.3. The van der Waals surface area contributed by atoms with E-state index in [2.05, 4.69) is 33.0 Å². The zero-order valence-corrected chi connectivity index (χ0v) is 10.5. The molecule has 1 heterocycles. The average Bonchev–Trinajstić information content (AvgIpc) is 2.63. The third kappa shape index (κ3) is 5.50. The largest absolute Gasteiger partial charge is 0.377 e. The van der Waals surface area contributed by atoms with Crippen molar-refractivity contribution in [1.29, 1.82) is 0 Å². The predicted octanol–water partition coefficient (Wildman–Crippen LogP) is 1.96. The van der Waals surface area contributed by atoms with E-state index in [-0.39, 0.29) is 5.60 Å². The maximum atomic E-state index is 5.64. The van der Waals surface area contributed by atoms with Crippen molar-refractivity contribution < 1.29 is 9.47 Å². The number of rotatable bonds is 5. The average molecular weight is 215 g/mol. The summed E-state index contributed by atoms with van der Waals surface area (Å²) < 4.78 is 11.2. The molecule has 0 amide bonds. The fraction of sp³-hybridized carbons (Fsp3) is 1.00. The molecule has 3 nitrogen and oxygen atoms in total. The smallest absolute Gasteiger partial charge is 0.0726 e. The Kier molecular flexibility index (Phi) is 5.03. The van der Waals surface area contributed by atoms with Crippen molar-refractivity contribution in [3.8, 4) is 0 Å². The Balaban J connectivity index is 2.04. The van der Waals surface area contributed by atoms with E-state index >= 15 is 0 Å². The Hall–Kier alpha value is -0.120. The van der Waals surface area contributed by atoms with Crippen molar-refractivity contribution in [2.45, 2.75) is 58.3 Å². The first-order valence-electron chi connectivity index (χ1n) is 5.98. The molecule has 0 aliphatic carbocycles. The fourth-order valence-electron chi connectivity index (χ4n) is 1.77.